The SMILES string of the molecule is CNc1cc(NS(C)(=O)=O)ccc1Nc1c2ccccc2nc2ccccc12. The predicted octanol–water partition coefficient (Wildman–Crippen LogP) is 4.54. The molecule has 3 N–H and O–H groups in total. The first-order valence-corrected chi connectivity index (χ1v) is 10.7. The molecule has 28 heavy (non-hydrogen) atoms. The lowest BCUT2D eigenvalue weighted by atomic mass is 10.1. The number of hydrogen-bond donors (Lipinski definition) is 3. The van der Waals surface area contributed by atoms with E-state index in [-0.39, 0.29) is 0 Å². The highest BCUT2D eigenvalue weighted by molar-refractivity contribution is 7.92. The molecule has 0 bridgehead atoms. The number of aromatic nitrogens is 1. The smallest absolute Gasteiger partial charge is 0.229 e. The highest BCUT2D eigenvalue weighted by Crippen LogP contribution is 2.36. The first kappa shape index (κ1) is 18.1. The molecule has 1 aromatic heterocycles. The summed E-state index contributed by atoms with van der Waals surface area (Å²) in [6, 6.07) is 21.3. The maximum absolute atomic E-state index is 11.5. The highest BCUT2D eigenvalue weighted by Gasteiger charge is 2.12. The molecule has 1 heterocycles. The quantitative estimate of drug-likeness (QED) is 0.434. The number of nitrogens with zero attached hydrogens (tertiary/aromatic N) is 1. The Labute approximate surface area is 163 Å². The molecule has 4 aromatic rings. The summed E-state index contributed by atoms with van der Waals surface area (Å²) in [7, 11) is -1.54. The molecule has 4 rings (SSSR count). The van der Waals surface area contributed by atoms with Gasteiger partial charge < -0.3 is 10.6 Å². The third-order valence-electron chi connectivity index (χ3n) is 4.44. The highest BCUT2D eigenvalue weighted by atomic mass is 32.2. The zero-order valence-corrected chi connectivity index (χ0v) is 16.3. The first-order valence-electron chi connectivity index (χ1n) is 8.79. The van der Waals surface area contributed by atoms with Crippen molar-refractivity contribution in [3.05, 3.63) is 66.7 Å². The number of nitrogens with one attached hydrogen (secondary N) is 3. The van der Waals surface area contributed by atoms with Gasteiger partial charge in [-0.15, -0.1) is 0 Å². The second-order valence-corrected chi connectivity index (χ2v) is 8.28. The minimum absolute atomic E-state index is 0.502. The Hall–Kier alpha value is -3.32. The fourth-order valence-electron chi connectivity index (χ4n) is 3.25. The van der Waals surface area contributed by atoms with Gasteiger partial charge in [0.25, 0.3) is 0 Å². The summed E-state index contributed by atoms with van der Waals surface area (Å²) < 4.78 is 25.5. The van der Waals surface area contributed by atoms with Gasteiger partial charge in [0.1, 0.15) is 0 Å². The van der Waals surface area contributed by atoms with Crippen LogP contribution in [0.2, 0.25) is 0 Å². The van der Waals surface area contributed by atoms with Crippen molar-refractivity contribution in [1.82, 2.24) is 4.98 Å². The molecule has 0 saturated heterocycles. The van der Waals surface area contributed by atoms with Crippen molar-refractivity contribution < 1.29 is 8.42 Å². The second-order valence-electron chi connectivity index (χ2n) is 6.53. The second kappa shape index (κ2) is 7.01. The average molecular weight is 392 g/mol. The van der Waals surface area contributed by atoms with Gasteiger partial charge in [0.2, 0.25) is 10.0 Å². The summed E-state index contributed by atoms with van der Waals surface area (Å²) in [6.45, 7) is 0. The maximum Gasteiger partial charge on any atom is 0.229 e. The van der Waals surface area contributed by atoms with E-state index in [9.17, 15) is 8.42 Å². The van der Waals surface area contributed by atoms with Crippen LogP contribution in [0.1, 0.15) is 0 Å². The van der Waals surface area contributed by atoms with Crippen LogP contribution in [-0.4, -0.2) is 26.7 Å². The summed E-state index contributed by atoms with van der Waals surface area (Å²) >= 11 is 0. The summed E-state index contributed by atoms with van der Waals surface area (Å²) in [6.07, 6.45) is 1.13. The van der Waals surface area contributed by atoms with Gasteiger partial charge >= 0.3 is 0 Å². The average Bonchev–Trinajstić information content (AvgIpc) is 2.67. The molecule has 3 aromatic carbocycles. The summed E-state index contributed by atoms with van der Waals surface area (Å²) in [5.74, 6) is 0. The molecule has 0 aliphatic heterocycles. The Morgan fingerprint density at radius 3 is 2.00 bits per heavy atom. The standard InChI is InChI=1S/C21H20N4O2S/c1-22-20-13-14(25-28(2,26)27)11-12-19(20)24-21-15-7-3-5-9-17(15)23-18-10-6-4-8-16(18)21/h3-13,22,25H,1-2H3,(H,23,24). The van der Waals surface area contributed by atoms with E-state index in [1.54, 1.807) is 19.2 Å². The number of anilines is 4. The van der Waals surface area contributed by atoms with Crippen LogP contribution in [0.25, 0.3) is 21.8 Å². The minimum Gasteiger partial charge on any atom is -0.386 e. The Bertz CT molecular complexity index is 1230. The van der Waals surface area contributed by atoms with E-state index in [4.69, 9.17) is 4.98 Å². The molecule has 6 nitrogen and oxygen atoms in total. The molecule has 142 valence electrons. The molecule has 0 saturated carbocycles. The van der Waals surface area contributed by atoms with Gasteiger partial charge in [0.05, 0.1) is 40.0 Å². The molecule has 0 fully saturated rings. The Kier molecular flexibility index (Phi) is 4.52. The van der Waals surface area contributed by atoms with Crippen LogP contribution in [0.3, 0.4) is 0 Å². The number of rotatable bonds is 5. The minimum atomic E-state index is -3.34. The van der Waals surface area contributed by atoms with Crippen LogP contribution in [0.4, 0.5) is 22.7 Å². The molecule has 7 heteroatoms. The number of sulfonamides is 1. The number of benzene rings is 3. The topological polar surface area (TPSA) is 83.1 Å². The van der Waals surface area contributed by atoms with Crippen molar-refractivity contribution >= 4 is 54.6 Å². The number of para-hydroxylation sites is 2. The zero-order chi connectivity index (χ0) is 19.7. The lowest BCUT2D eigenvalue weighted by molar-refractivity contribution is 0.607. The Morgan fingerprint density at radius 2 is 1.43 bits per heavy atom. The van der Waals surface area contributed by atoms with Gasteiger partial charge in [-0.1, -0.05) is 36.4 Å². The van der Waals surface area contributed by atoms with Crippen LogP contribution in [0, 0.1) is 0 Å². The van der Waals surface area contributed by atoms with Crippen molar-refractivity contribution in [3.8, 4) is 0 Å². The van der Waals surface area contributed by atoms with Crippen molar-refractivity contribution in [2.75, 3.05) is 28.7 Å². The van der Waals surface area contributed by atoms with E-state index in [1.807, 2.05) is 54.6 Å². The first-order chi connectivity index (χ1) is 13.4. The van der Waals surface area contributed by atoms with Gasteiger partial charge in [-0.05, 0) is 30.3 Å². The van der Waals surface area contributed by atoms with Crippen molar-refractivity contribution in [2.45, 2.75) is 0 Å². The van der Waals surface area contributed by atoms with Crippen LogP contribution in [-0.2, 0) is 10.0 Å². The Balaban J connectivity index is 1.85. The van der Waals surface area contributed by atoms with E-state index in [0.29, 0.717) is 5.69 Å². The van der Waals surface area contributed by atoms with Crippen LogP contribution in [0.15, 0.2) is 66.7 Å². The zero-order valence-electron chi connectivity index (χ0n) is 15.5. The monoisotopic (exact) mass is 392 g/mol. The van der Waals surface area contributed by atoms with E-state index in [0.717, 1.165) is 45.1 Å². The van der Waals surface area contributed by atoms with Gasteiger partial charge in [-0.25, -0.2) is 13.4 Å². The molecular formula is C21H20N4O2S. The van der Waals surface area contributed by atoms with Gasteiger partial charge in [-0.3, -0.25) is 4.72 Å². The fraction of sp³-hybridized carbons (Fsp3) is 0.0952. The van der Waals surface area contributed by atoms with Crippen LogP contribution in [0.5, 0.6) is 0 Å². The predicted molar refractivity (Wildman–Crippen MR) is 117 cm³/mol. The van der Waals surface area contributed by atoms with Gasteiger partial charge in [0, 0.05) is 17.8 Å². The largest absolute Gasteiger partial charge is 0.386 e. The van der Waals surface area contributed by atoms with Crippen LogP contribution < -0.4 is 15.4 Å². The fourth-order valence-corrected chi connectivity index (χ4v) is 3.80. The van der Waals surface area contributed by atoms with Crippen LogP contribution >= 0.6 is 0 Å². The molecule has 0 aliphatic rings. The molecule has 0 unspecified atom stereocenters. The normalized spacial score (nSPS) is 11.5. The molecule has 0 aliphatic carbocycles. The summed E-state index contributed by atoms with van der Waals surface area (Å²) in [5, 5.41) is 8.68. The Morgan fingerprint density at radius 1 is 0.821 bits per heavy atom. The van der Waals surface area contributed by atoms with Crippen molar-refractivity contribution in [1.29, 1.82) is 0 Å². The number of pyridine rings is 1. The number of hydrogen-bond acceptors (Lipinski definition) is 5. The maximum atomic E-state index is 11.5. The van der Waals surface area contributed by atoms with E-state index >= 15 is 0 Å². The van der Waals surface area contributed by atoms with Crippen molar-refractivity contribution in [2.24, 2.45) is 0 Å². The van der Waals surface area contributed by atoms with Gasteiger partial charge in [0.15, 0.2) is 0 Å². The lowest BCUT2D eigenvalue weighted by Gasteiger charge is -2.17. The summed E-state index contributed by atoms with van der Waals surface area (Å²) in [5.41, 5.74) is 4.89. The third-order valence-corrected chi connectivity index (χ3v) is 5.05. The van der Waals surface area contributed by atoms with E-state index in [1.165, 1.54) is 0 Å². The van der Waals surface area contributed by atoms with E-state index < -0.39 is 10.0 Å². The molecule has 0 amide bonds. The molecule has 0 spiro atoms. The molecule has 0 atom stereocenters. The number of fused-ring (bicyclic) bond motifs is 2. The van der Waals surface area contributed by atoms with Gasteiger partial charge in [-0.2, -0.15) is 0 Å². The lowest BCUT2D eigenvalue weighted by Crippen LogP contribution is -2.10. The summed E-state index contributed by atoms with van der Waals surface area (Å²) in [4.78, 5) is 4.74. The molecular weight excluding hydrogens is 372 g/mol. The van der Waals surface area contributed by atoms with Crippen molar-refractivity contribution in [3.63, 3.8) is 0 Å². The van der Waals surface area contributed by atoms with E-state index in [2.05, 4.69) is 15.4 Å². The third kappa shape index (κ3) is 3.57. The molecule has 0 radical (unpaired) electrons.